The quantitative estimate of drug-likeness (QED) is 0.664. The Balaban J connectivity index is 2.95. The van der Waals surface area contributed by atoms with Crippen molar-refractivity contribution in [1.29, 1.82) is 0 Å². The zero-order valence-electron chi connectivity index (χ0n) is 7.11. The van der Waals surface area contributed by atoms with E-state index >= 15 is 0 Å². The van der Waals surface area contributed by atoms with Crippen molar-refractivity contribution in [3.8, 4) is 0 Å². The maximum absolute atomic E-state index is 10.9. The largest absolute Gasteiger partial charge is 0.399 e. The van der Waals surface area contributed by atoms with E-state index in [9.17, 15) is 4.79 Å². The normalized spacial score (nSPS) is 9.50. The van der Waals surface area contributed by atoms with Gasteiger partial charge in [-0.25, -0.2) is 4.98 Å². The van der Waals surface area contributed by atoms with Gasteiger partial charge in [-0.15, -0.1) is 0 Å². The predicted octanol–water partition coefficient (Wildman–Crippen LogP) is 0.647. The predicted molar refractivity (Wildman–Crippen MR) is 47.7 cm³/mol. The van der Waals surface area contributed by atoms with Crippen molar-refractivity contribution in [3.63, 3.8) is 0 Å². The molecular weight excluding hydrogens is 154 g/mol. The molecule has 0 bridgehead atoms. The molecular formula is C8H11N3O. The van der Waals surface area contributed by atoms with Crippen molar-refractivity contribution in [2.45, 2.75) is 6.92 Å². The van der Waals surface area contributed by atoms with Gasteiger partial charge in [0, 0.05) is 31.9 Å². The van der Waals surface area contributed by atoms with Gasteiger partial charge in [0.2, 0.25) is 5.91 Å². The Morgan fingerprint density at radius 2 is 2.33 bits per heavy atom. The SMILES string of the molecule is CC(=O)N(C)c1cc(N)ccn1. The van der Waals surface area contributed by atoms with Crippen LogP contribution in [0, 0.1) is 0 Å². The Morgan fingerprint density at radius 3 is 2.83 bits per heavy atom. The molecule has 4 heteroatoms. The van der Waals surface area contributed by atoms with E-state index in [0.717, 1.165) is 0 Å². The minimum atomic E-state index is -0.0619. The molecule has 0 saturated heterocycles. The molecule has 0 aromatic carbocycles. The fraction of sp³-hybridized carbons (Fsp3) is 0.250. The monoisotopic (exact) mass is 165 g/mol. The number of nitrogens with zero attached hydrogens (tertiary/aromatic N) is 2. The lowest BCUT2D eigenvalue weighted by atomic mass is 10.4. The van der Waals surface area contributed by atoms with Crippen LogP contribution in [0.5, 0.6) is 0 Å². The molecule has 1 heterocycles. The van der Waals surface area contributed by atoms with E-state index in [4.69, 9.17) is 5.73 Å². The van der Waals surface area contributed by atoms with Crippen LogP contribution in [0.2, 0.25) is 0 Å². The van der Waals surface area contributed by atoms with E-state index in [0.29, 0.717) is 11.5 Å². The second kappa shape index (κ2) is 3.21. The second-order valence-electron chi connectivity index (χ2n) is 2.53. The molecule has 0 fully saturated rings. The molecule has 1 aromatic heterocycles. The first kappa shape index (κ1) is 8.52. The molecule has 0 aliphatic rings. The highest BCUT2D eigenvalue weighted by Crippen LogP contribution is 2.11. The molecule has 0 aliphatic heterocycles. The summed E-state index contributed by atoms with van der Waals surface area (Å²) in [5, 5.41) is 0. The molecule has 0 radical (unpaired) electrons. The number of hydrogen-bond donors (Lipinski definition) is 1. The number of pyridine rings is 1. The smallest absolute Gasteiger partial charge is 0.224 e. The number of carbonyl (C=O) groups excluding carboxylic acids is 1. The third-order valence-corrected chi connectivity index (χ3v) is 1.59. The summed E-state index contributed by atoms with van der Waals surface area (Å²) in [4.78, 5) is 16.3. The van der Waals surface area contributed by atoms with Crippen LogP contribution < -0.4 is 10.6 Å². The van der Waals surface area contributed by atoms with Gasteiger partial charge in [0.15, 0.2) is 0 Å². The highest BCUT2D eigenvalue weighted by atomic mass is 16.2. The minimum Gasteiger partial charge on any atom is -0.399 e. The van der Waals surface area contributed by atoms with Gasteiger partial charge >= 0.3 is 0 Å². The van der Waals surface area contributed by atoms with Gasteiger partial charge in [-0.2, -0.15) is 0 Å². The Morgan fingerprint density at radius 1 is 1.67 bits per heavy atom. The van der Waals surface area contributed by atoms with Gasteiger partial charge in [-0.1, -0.05) is 0 Å². The van der Waals surface area contributed by atoms with Crippen molar-refractivity contribution in [2.24, 2.45) is 0 Å². The molecule has 0 aliphatic carbocycles. The molecule has 1 amide bonds. The molecule has 2 N–H and O–H groups in total. The molecule has 0 spiro atoms. The van der Waals surface area contributed by atoms with Crippen LogP contribution in [0.15, 0.2) is 18.3 Å². The van der Waals surface area contributed by atoms with Crippen molar-refractivity contribution in [1.82, 2.24) is 4.98 Å². The summed E-state index contributed by atoms with van der Waals surface area (Å²) < 4.78 is 0. The summed E-state index contributed by atoms with van der Waals surface area (Å²) in [6.45, 7) is 1.48. The molecule has 0 saturated carbocycles. The van der Waals surface area contributed by atoms with Crippen LogP contribution in [0.4, 0.5) is 11.5 Å². The number of anilines is 2. The van der Waals surface area contributed by atoms with Gasteiger partial charge in [0.1, 0.15) is 5.82 Å². The van der Waals surface area contributed by atoms with E-state index < -0.39 is 0 Å². The highest BCUT2D eigenvalue weighted by molar-refractivity contribution is 5.90. The van der Waals surface area contributed by atoms with Crippen LogP contribution in [-0.2, 0) is 4.79 Å². The Hall–Kier alpha value is -1.58. The molecule has 1 rings (SSSR count). The fourth-order valence-corrected chi connectivity index (χ4v) is 0.779. The summed E-state index contributed by atoms with van der Waals surface area (Å²) in [5.74, 6) is 0.510. The number of carbonyl (C=O) groups is 1. The summed E-state index contributed by atoms with van der Waals surface area (Å²) in [7, 11) is 1.66. The lowest BCUT2D eigenvalue weighted by molar-refractivity contribution is -0.116. The van der Waals surface area contributed by atoms with Crippen molar-refractivity contribution in [3.05, 3.63) is 18.3 Å². The van der Waals surface area contributed by atoms with Crippen LogP contribution in [-0.4, -0.2) is 17.9 Å². The first-order valence-corrected chi connectivity index (χ1v) is 3.57. The van der Waals surface area contributed by atoms with Crippen LogP contribution in [0.1, 0.15) is 6.92 Å². The minimum absolute atomic E-state index is 0.0619. The van der Waals surface area contributed by atoms with E-state index in [1.54, 1.807) is 25.4 Å². The molecule has 1 aromatic rings. The number of nitrogens with two attached hydrogens (primary N) is 1. The number of amides is 1. The second-order valence-corrected chi connectivity index (χ2v) is 2.53. The van der Waals surface area contributed by atoms with Gasteiger partial charge in [-0.3, -0.25) is 4.79 Å². The Labute approximate surface area is 71.0 Å². The van der Waals surface area contributed by atoms with Crippen LogP contribution >= 0.6 is 0 Å². The maximum atomic E-state index is 10.9. The summed E-state index contributed by atoms with van der Waals surface area (Å²) in [5.41, 5.74) is 6.12. The zero-order chi connectivity index (χ0) is 9.14. The number of rotatable bonds is 1. The fourth-order valence-electron chi connectivity index (χ4n) is 0.779. The van der Waals surface area contributed by atoms with Crippen molar-refractivity contribution < 1.29 is 4.79 Å². The van der Waals surface area contributed by atoms with Gasteiger partial charge in [0.05, 0.1) is 0 Å². The van der Waals surface area contributed by atoms with E-state index in [1.807, 2.05) is 0 Å². The molecule has 64 valence electrons. The average Bonchev–Trinajstić information content (AvgIpc) is 2.03. The van der Waals surface area contributed by atoms with Crippen molar-refractivity contribution >= 4 is 17.4 Å². The topological polar surface area (TPSA) is 59.2 Å². The zero-order valence-corrected chi connectivity index (χ0v) is 7.11. The standard InChI is InChI=1S/C8H11N3O/c1-6(12)11(2)8-5-7(9)3-4-10-8/h3-5H,1-2H3,(H2,9,10). The first-order chi connectivity index (χ1) is 5.61. The van der Waals surface area contributed by atoms with E-state index in [1.165, 1.54) is 11.8 Å². The maximum Gasteiger partial charge on any atom is 0.224 e. The number of aromatic nitrogens is 1. The molecule has 12 heavy (non-hydrogen) atoms. The van der Waals surface area contributed by atoms with E-state index in [2.05, 4.69) is 4.98 Å². The van der Waals surface area contributed by atoms with Crippen molar-refractivity contribution in [2.75, 3.05) is 17.7 Å². The third kappa shape index (κ3) is 1.72. The van der Waals surface area contributed by atoms with Gasteiger partial charge in [-0.05, 0) is 6.07 Å². The Kier molecular flexibility index (Phi) is 2.28. The van der Waals surface area contributed by atoms with E-state index in [-0.39, 0.29) is 5.91 Å². The van der Waals surface area contributed by atoms with Gasteiger partial charge in [0.25, 0.3) is 0 Å². The summed E-state index contributed by atoms with van der Waals surface area (Å²) >= 11 is 0. The average molecular weight is 165 g/mol. The lowest BCUT2D eigenvalue weighted by Crippen LogP contribution is -2.23. The highest BCUT2D eigenvalue weighted by Gasteiger charge is 2.05. The third-order valence-electron chi connectivity index (χ3n) is 1.59. The number of nitrogen functional groups attached to an aromatic ring is 1. The number of hydrogen-bond acceptors (Lipinski definition) is 3. The van der Waals surface area contributed by atoms with Gasteiger partial charge < -0.3 is 10.6 Å². The summed E-state index contributed by atoms with van der Waals surface area (Å²) in [6, 6.07) is 3.33. The molecule has 0 unspecified atom stereocenters. The first-order valence-electron chi connectivity index (χ1n) is 3.57. The van der Waals surface area contributed by atoms with Crippen LogP contribution in [0.25, 0.3) is 0 Å². The Bertz CT molecular complexity index is 298. The molecule has 0 atom stereocenters. The van der Waals surface area contributed by atoms with Crippen LogP contribution in [0.3, 0.4) is 0 Å². The summed E-state index contributed by atoms with van der Waals surface area (Å²) in [6.07, 6.45) is 1.57. The lowest BCUT2D eigenvalue weighted by Gasteiger charge is -2.13. The molecule has 4 nitrogen and oxygen atoms in total.